The molecule has 0 radical (unpaired) electrons. The number of nitrogens with one attached hydrogen (secondary N) is 1. The maximum Gasteiger partial charge on any atom is 0.119 e. The zero-order valence-electron chi connectivity index (χ0n) is 15.2. The molecule has 3 rings (SSSR count). The first-order valence-corrected chi connectivity index (χ1v) is 9.12. The number of likely N-dealkylation sites (N-methyl/N-ethyl adjacent to an activating group) is 1. The number of para-hydroxylation sites is 2. The quantitative estimate of drug-likeness (QED) is 0.603. The van der Waals surface area contributed by atoms with E-state index in [0.717, 1.165) is 49.4 Å². The minimum absolute atomic E-state index is 0.712. The molecule has 1 heterocycles. The van der Waals surface area contributed by atoms with Gasteiger partial charge in [-0.05, 0) is 49.7 Å². The van der Waals surface area contributed by atoms with Gasteiger partial charge in [0.05, 0.1) is 17.6 Å². The Morgan fingerprint density at radius 3 is 2.64 bits per heavy atom. The van der Waals surface area contributed by atoms with Crippen molar-refractivity contribution in [2.24, 2.45) is 0 Å². The zero-order chi connectivity index (χ0) is 17.5. The van der Waals surface area contributed by atoms with Crippen LogP contribution >= 0.6 is 0 Å². The molecule has 25 heavy (non-hydrogen) atoms. The summed E-state index contributed by atoms with van der Waals surface area (Å²) >= 11 is 0. The zero-order valence-corrected chi connectivity index (χ0v) is 15.2. The molecule has 0 bridgehead atoms. The van der Waals surface area contributed by atoms with Crippen LogP contribution in [0.2, 0.25) is 0 Å². The fraction of sp³-hybridized carbons (Fsp3) is 0.381. The van der Waals surface area contributed by atoms with Crippen LogP contribution in [0.25, 0.3) is 11.0 Å². The molecule has 0 unspecified atom stereocenters. The Bertz CT molecular complexity index is 793. The summed E-state index contributed by atoms with van der Waals surface area (Å²) in [4.78, 5) is 4.79. The van der Waals surface area contributed by atoms with Crippen LogP contribution in [0.5, 0.6) is 5.75 Å². The van der Waals surface area contributed by atoms with Gasteiger partial charge in [-0.1, -0.05) is 31.2 Å². The standard InChI is InChI=1S/C21H27N3O/c1-3-17-9-11-18(12-10-17)25-16-6-15-24-20-8-5-4-7-19(20)23-21(24)13-14-22-2/h4-5,7-12,22H,3,6,13-16H2,1-2H3. The van der Waals surface area contributed by atoms with Crippen molar-refractivity contribution in [1.29, 1.82) is 0 Å². The number of aryl methyl sites for hydroxylation is 2. The number of ether oxygens (including phenoxy) is 1. The first-order valence-electron chi connectivity index (χ1n) is 9.12. The number of aromatic nitrogens is 2. The van der Waals surface area contributed by atoms with E-state index in [1.165, 1.54) is 11.1 Å². The van der Waals surface area contributed by atoms with Gasteiger partial charge in [-0.2, -0.15) is 0 Å². The Balaban J connectivity index is 1.61. The number of hydrogen-bond acceptors (Lipinski definition) is 3. The average molecular weight is 337 g/mol. The lowest BCUT2D eigenvalue weighted by atomic mass is 10.2. The topological polar surface area (TPSA) is 39.1 Å². The van der Waals surface area contributed by atoms with Crippen molar-refractivity contribution in [3.63, 3.8) is 0 Å². The SMILES string of the molecule is CCc1ccc(OCCCn2c(CCNC)nc3ccccc32)cc1. The van der Waals surface area contributed by atoms with Gasteiger partial charge < -0.3 is 14.6 Å². The highest BCUT2D eigenvalue weighted by Gasteiger charge is 2.09. The number of hydrogen-bond donors (Lipinski definition) is 1. The van der Waals surface area contributed by atoms with Crippen molar-refractivity contribution < 1.29 is 4.74 Å². The molecule has 2 aromatic carbocycles. The van der Waals surface area contributed by atoms with Crippen LogP contribution in [0.4, 0.5) is 0 Å². The summed E-state index contributed by atoms with van der Waals surface area (Å²) in [6, 6.07) is 16.7. The highest BCUT2D eigenvalue weighted by molar-refractivity contribution is 5.75. The van der Waals surface area contributed by atoms with Gasteiger partial charge in [-0.3, -0.25) is 0 Å². The van der Waals surface area contributed by atoms with E-state index in [4.69, 9.17) is 9.72 Å². The third-order valence-electron chi connectivity index (χ3n) is 4.46. The number of imidazole rings is 1. The summed E-state index contributed by atoms with van der Waals surface area (Å²) in [7, 11) is 1.98. The third kappa shape index (κ3) is 4.40. The van der Waals surface area contributed by atoms with Crippen LogP contribution in [-0.4, -0.2) is 29.8 Å². The van der Waals surface area contributed by atoms with E-state index in [0.29, 0.717) is 6.61 Å². The molecule has 0 aliphatic carbocycles. The van der Waals surface area contributed by atoms with Crippen molar-refractivity contribution in [2.45, 2.75) is 32.7 Å². The molecule has 4 heteroatoms. The Morgan fingerprint density at radius 1 is 1.08 bits per heavy atom. The van der Waals surface area contributed by atoms with Crippen LogP contribution in [0.15, 0.2) is 48.5 Å². The lowest BCUT2D eigenvalue weighted by Gasteiger charge is -2.11. The van der Waals surface area contributed by atoms with Gasteiger partial charge in [0.15, 0.2) is 0 Å². The van der Waals surface area contributed by atoms with Crippen molar-refractivity contribution in [3.05, 3.63) is 59.9 Å². The second-order valence-electron chi connectivity index (χ2n) is 6.22. The molecule has 0 amide bonds. The van der Waals surface area contributed by atoms with Gasteiger partial charge in [0.2, 0.25) is 0 Å². The van der Waals surface area contributed by atoms with E-state index in [1.807, 2.05) is 13.1 Å². The van der Waals surface area contributed by atoms with Gasteiger partial charge in [0.25, 0.3) is 0 Å². The molecule has 1 N–H and O–H groups in total. The highest BCUT2D eigenvalue weighted by atomic mass is 16.5. The molecule has 0 atom stereocenters. The van der Waals surface area contributed by atoms with Crippen molar-refractivity contribution in [2.75, 3.05) is 20.2 Å². The minimum Gasteiger partial charge on any atom is -0.494 e. The first-order chi connectivity index (χ1) is 12.3. The van der Waals surface area contributed by atoms with E-state index < -0.39 is 0 Å². The predicted molar refractivity (Wildman–Crippen MR) is 103 cm³/mol. The molecule has 0 aliphatic heterocycles. The number of fused-ring (bicyclic) bond motifs is 1. The van der Waals surface area contributed by atoms with Crippen molar-refractivity contribution in [1.82, 2.24) is 14.9 Å². The summed E-state index contributed by atoms with van der Waals surface area (Å²) in [6.07, 6.45) is 2.95. The molecule has 0 saturated heterocycles. The second-order valence-corrected chi connectivity index (χ2v) is 6.22. The third-order valence-corrected chi connectivity index (χ3v) is 4.46. The van der Waals surface area contributed by atoms with Crippen LogP contribution in [0, 0.1) is 0 Å². The predicted octanol–water partition coefficient (Wildman–Crippen LogP) is 3.83. The van der Waals surface area contributed by atoms with Crippen molar-refractivity contribution >= 4 is 11.0 Å². The van der Waals surface area contributed by atoms with Gasteiger partial charge in [-0.15, -0.1) is 0 Å². The molecule has 0 fully saturated rings. The summed E-state index contributed by atoms with van der Waals surface area (Å²) in [5.74, 6) is 2.09. The smallest absolute Gasteiger partial charge is 0.119 e. The number of benzene rings is 2. The average Bonchev–Trinajstić information content (AvgIpc) is 3.01. The molecule has 3 aromatic rings. The van der Waals surface area contributed by atoms with Crippen LogP contribution in [-0.2, 0) is 19.4 Å². The number of nitrogens with zero attached hydrogens (tertiary/aromatic N) is 2. The second kappa shape index (κ2) is 8.67. The Hall–Kier alpha value is -2.33. The Labute approximate surface area is 149 Å². The molecule has 0 saturated carbocycles. The van der Waals surface area contributed by atoms with E-state index in [9.17, 15) is 0 Å². The molecule has 132 valence electrons. The molecule has 1 aromatic heterocycles. The largest absolute Gasteiger partial charge is 0.494 e. The lowest BCUT2D eigenvalue weighted by molar-refractivity contribution is 0.301. The monoisotopic (exact) mass is 337 g/mol. The van der Waals surface area contributed by atoms with Gasteiger partial charge in [0, 0.05) is 19.5 Å². The lowest BCUT2D eigenvalue weighted by Crippen LogP contribution is -2.15. The Kier molecular flexibility index (Phi) is 6.07. The molecule has 0 spiro atoms. The molecular formula is C21H27N3O. The van der Waals surface area contributed by atoms with Gasteiger partial charge in [0.1, 0.15) is 11.6 Å². The fourth-order valence-electron chi connectivity index (χ4n) is 3.04. The van der Waals surface area contributed by atoms with Gasteiger partial charge >= 0.3 is 0 Å². The van der Waals surface area contributed by atoms with E-state index >= 15 is 0 Å². The molecule has 0 aliphatic rings. The summed E-state index contributed by atoms with van der Waals surface area (Å²) in [5.41, 5.74) is 3.62. The van der Waals surface area contributed by atoms with Crippen molar-refractivity contribution in [3.8, 4) is 5.75 Å². The van der Waals surface area contributed by atoms with Crippen LogP contribution < -0.4 is 10.1 Å². The maximum absolute atomic E-state index is 5.89. The van der Waals surface area contributed by atoms with Crippen LogP contribution in [0.1, 0.15) is 24.7 Å². The van der Waals surface area contributed by atoms with Crippen LogP contribution in [0.3, 0.4) is 0 Å². The summed E-state index contributed by atoms with van der Waals surface area (Å²) in [6.45, 7) is 4.73. The maximum atomic E-state index is 5.89. The number of rotatable bonds is 9. The first kappa shape index (κ1) is 17.5. The fourth-order valence-corrected chi connectivity index (χ4v) is 3.04. The molecular weight excluding hydrogens is 310 g/mol. The summed E-state index contributed by atoms with van der Waals surface area (Å²) in [5, 5.41) is 3.21. The molecule has 4 nitrogen and oxygen atoms in total. The van der Waals surface area contributed by atoms with E-state index in [-0.39, 0.29) is 0 Å². The Morgan fingerprint density at radius 2 is 1.88 bits per heavy atom. The minimum atomic E-state index is 0.712. The normalized spacial score (nSPS) is 11.1. The summed E-state index contributed by atoms with van der Waals surface area (Å²) < 4.78 is 8.22. The highest BCUT2D eigenvalue weighted by Crippen LogP contribution is 2.17. The van der Waals surface area contributed by atoms with E-state index in [2.05, 4.69) is 59.3 Å². The van der Waals surface area contributed by atoms with E-state index in [1.54, 1.807) is 0 Å². The van der Waals surface area contributed by atoms with Gasteiger partial charge in [-0.25, -0.2) is 4.98 Å².